The van der Waals surface area contributed by atoms with Crippen molar-refractivity contribution < 1.29 is 23.0 Å². The van der Waals surface area contributed by atoms with Gasteiger partial charge in [0.25, 0.3) is 0 Å². The van der Waals surface area contributed by atoms with Gasteiger partial charge in [0.15, 0.2) is 11.5 Å². The van der Waals surface area contributed by atoms with Gasteiger partial charge in [-0.25, -0.2) is 0 Å². The highest BCUT2D eigenvalue weighted by Crippen LogP contribution is 2.30. The van der Waals surface area contributed by atoms with Gasteiger partial charge in [-0.2, -0.15) is 8.78 Å². The number of amides is 1. The van der Waals surface area contributed by atoms with Crippen molar-refractivity contribution in [2.45, 2.75) is 32.0 Å². The Morgan fingerprint density at radius 3 is 2.82 bits per heavy atom. The fourth-order valence-electron chi connectivity index (χ4n) is 2.52. The van der Waals surface area contributed by atoms with Gasteiger partial charge in [-0.05, 0) is 37.1 Å². The molecule has 1 fully saturated rings. The monoisotopic (exact) mass is 314 g/mol. The average Bonchev–Trinajstić information content (AvgIpc) is 3.00. The largest absolute Gasteiger partial charge is 0.493 e. The van der Waals surface area contributed by atoms with Crippen LogP contribution in [0, 0.1) is 0 Å². The lowest BCUT2D eigenvalue weighted by Crippen LogP contribution is -2.41. The van der Waals surface area contributed by atoms with Gasteiger partial charge in [0.2, 0.25) is 5.91 Å². The first-order chi connectivity index (χ1) is 10.5. The second-order valence-corrected chi connectivity index (χ2v) is 5.21. The highest BCUT2D eigenvalue weighted by Gasteiger charge is 2.25. The van der Waals surface area contributed by atoms with Gasteiger partial charge in [-0.15, -0.1) is 0 Å². The molecule has 2 rings (SSSR count). The Morgan fingerprint density at radius 1 is 1.45 bits per heavy atom. The number of halogens is 2. The van der Waals surface area contributed by atoms with Gasteiger partial charge in [-0.3, -0.25) is 4.79 Å². The van der Waals surface area contributed by atoms with Crippen LogP contribution in [-0.4, -0.2) is 44.2 Å². The van der Waals surface area contributed by atoms with E-state index in [-0.39, 0.29) is 23.4 Å². The lowest BCUT2D eigenvalue weighted by atomic mass is 10.1. The lowest BCUT2D eigenvalue weighted by molar-refractivity contribution is -0.132. The number of nitrogens with zero attached hydrogens (tertiary/aromatic N) is 1. The number of rotatable bonds is 6. The molecule has 1 aliphatic heterocycles. The highest BCUT2D eigenvalue weighted by atomic mass is 19.3. The number of methoxy groups -OCH3 is 1. The minimum Gasteiger partial charge on any atom is -0.493 e. The summed E-state index contributed by atoms with van der Waals surface area (Å²) in [4.78, 5) is 13.8. The molecule has 0 bridgehead atoms. The van der Waals surface area contributed by atoms with E-state index in [0.29, 0.717) is 12.1 Å². The molecule has 22 heavy (non-hydrogen) atoms. The Labute approximate surface area is 128 Å². The van der Waals surface area contributed by atoms with Crippen LogP contribution in [0.15, 0.2) is 18.2 Å². The van der Waals surface area contributed by atoms with Gasteiger partial charge >= 0.3 is 6.61 Å². The number of likely N-dealkylation sites (N-methyl/N-ethyl adjacent to an activating group) is 1. The number of alkyl halides is 2. The van der Waals surface area contributed by atoms with Crippen LogP contribution < -0.4 is 14.8 Å². The van der Waals surface area contributed by atoms with Crippen molar-refractivity contribution in [2.75, 3.05) is 20.7 Å². The van der Waals surface area contributed by atoms with E-state index in [0.717, 1.165) is 19.4 Å². The van der Waals surface area contributed by atoms with Crippen molar-refractivity contribution in [1.29, 1.82) is 0 Å². The third-order valence-electron chi connectivity index (χ3n) is 3.60. The molecule has 0 radical (unpaired) electrons. The smallest absolute Gasteiger partial charge is 0.387 e. The first-order valence-electron chi connectivity index (χ1n) is 7.11. The predicted octanol–water partition coefficient (Wildman–Crippen LogP) is 2.01. The standard InChI is InChI=1S/C15H20F2N2O3/c1-19(14(20)11-4-3-7-18-11)9-10-5-6-12(21-2)13(8-10)22-15(16)17/h5-6,8,11,15,18H,3-4,7,9H2,1-2H3. The summed E-state index contributed by atoms with van der Waals surface area (Å²) >= 11 is 0. The second kappa shape index (κ2) is 7.40. The SMILES string of the molecule is COc1ccc(CN(C)C(=O)C2CCCN2)cc1OC(F)F. The molecule has 0 saturated carbocycles. The van der Waals surface area contributed by atoms with Crippen LogP contribution in [0.25, 0.3) is 0 Å². The molecule has 1 saturated heterocycles. The van der Waals surface area contributed by atoms with E-state index >= 15 is 0 Å². The van der Waals surface area contributed by atoms with Gasteiger partial charge in [0.05, 0.1) is 13.2 Å². The zero-order valence-corrected chi connectivity index (χ0v) is 12.6. The second-order valence-electron chi connectivity index (χ2n) is 5.21. The van der Waals surface area contributed by atoms with Crippen LogP contribution in [0.5, 0.6) is 11.5 Å². The molecule has 1 atom stereocenters. The zero-order chi connectivity index (χ0) is 16.1. The number of hydrogen-bond donors (Lipinski definition) is 1. The number of nitrogens with one attached hydrogen (secondary N) is 1. The Balaban J connectivity index is 2.06. The maximum atomic E-state index is 12.4. The number of carbonyl (C=O) groups is 1. The fourth-order valence-corrected chi connectivity index (χ4v) is 2.52. The first kappa shape index (κ1) is 16.5. The summed E-state index contributed by atoms with van der Waals surface area (Å²) < 4.78 is 34.3. The van der Waals surface area contributed by atoms with Crippen LogP contribution >= 0.6 is 0 Å². The van der Waals surface area contributed by atoms with E-state index in [1.165, 1.54) is 13.2 Å². The topological polar surface area (TPSA) is 50.8 Å². The molecule has 1 unspecified atom stereocenters. The van der Waals surface area contributed by atoms with Crippen LogP contribution in [0.1, 0.15) is 18.4 Å². The maximum absolute atomic E-state index is 12.4. The summed E-state index contributed by atoms with van der Waals surface area (Å²) in [6, 6.07) is 4.60. The molecule has 0 spiro atoms. The predicted molar refractivity (Wildman–Crippen MR) is 77.1 cm³/mol. The van der Waals surface area contributed by atoms with E-state index in [1.807, 2.05) is 0 Å². The molecule has 122 valence electrons. The Morgan fingerprint density at radius 2 is 2.23 bits per heavy atom. The molecule has 1 heterocycles. The van der Waals surface area contributed by atoms with Crippen molar-refractivity contribution in [3.05, 3.63) is 23.8 Å². The first-order valence-corrected chi connectivity index (χ1v) is 7.11. The summed E-state index contributed by atoms with van der Waals surface area (Å²) in [6.45, 7) is -1.76. The molecule has 0 aliphatic carbocycles. The quantitative estimate of drug-likeness (QED) is 0.873. The third-order valence-corrected chi connectivity index (χ3v) is 3.60. The summed E-state index contributed by atoms with van der Waals surface area (Å²) in [7, 11) is 3.08. The van der Waals surface area contributed by atoms with Crippen molar-refractivity contribution >= 4 is 5.91 Å². The van der Waals surface area contributed by atoms with Gasteiger partial charge in [0.1, 0.15) is 0 Å². The van der Waals surface area contributed by atoms with Gasteiger partial charge in [0, 0.05) is 13.6 Å². The van der Waals surface area contributed by atoms with E-state index in [1.54, 1.807) is 24.1 Å². The van der Waals surface area contributed by atoms with Gasteiger partial charge in [-0.1, -0.05) is 6.07 Å². The van der Waals surface area contributed by atoms with E-state index in [2.05, 4.69) is 10.1 Å². The lowest BCUT2D eigenvalue weighted by Gasteiger charge is -2.21. The van der Waals surface area contributed by atoms with E-state index in [4.69, 9.17) is 4.74 Å². The van der Waals surface area contributed by atoms with Gasteiger partial charge < -0.3 is 19.7 Å². The molecule has 1 aromatic rings. The summed E-state index contributed by atoms with van der Waals surface area (Å²) in [5, 5.41) is 3.14. The molecule has 5 nitrogen and oxygen atoms in total. The van der Waals surface area contributed by atoms with E-state index < -0.39 is 6.61 Å². The van der Waals surface area contributed by atoms with Crippen LogP contribution in [0.4, 0.5) is 8.78 Å². The third kappa shape index (κ3) is 4.07. The van der Waals surface area contributed by atoms with Crippen molar-refractivity contribution in [3.8, 4) is 11.5 Å². The Kier molecular flexibility index (Phi) is 5.54. The molecule has 1 aliphatic rings. The number of benzene rings is 1. The molecular weight excluding hydrogens is 294 g/mol. The highest BCUT2D eigenvalue weighted by molar-refractivity contribution is 5.81. The van der Waals surface area contributed by atoms with Crippen molar-refractivity contribution in [2.24, 2.45) is 0 Å². The normalized spacial score (nSPS) is 17.6. The summed E-state index contributed by atoms with van der Waals surface area (Å²) in [6.07, 6.45) is 1.81. The van der Waals surface area contributed by atoms with Crippen molar-refractivity contribution in [1.82, 2.24) is 10.2 Å². The van der Waals surface area contributed by atoms with E-state index in [9.17, 15) is 13.6 Å². The minimum absolute atomic E-state index is 0.00430. The van der Waals surface area contributed by atoms with Crippen LogP contribution in [0.3, 0.4) is 0 Å². The molecule has 1 aromatic carbocycles. The number of hydrogen-bond acceptors (Lipinski definition) is 4. The Bertz CT molecular complexity index is 520. The zero-order valence-electron chi connectivity index (χ0n) is 12.6. The molecule has 0 aromatic heterocycles. The summed E-state index contributed by atoms with van der Waals surface area (Å²) in [5.74, 6) is 0.204. The number of ether oxygens (including phenoxy) is 2. The molecule has 1 N–H and O–H groups in total. The number of carbonyl (C=O) groups excluding carboxylic acids is 1. The van der Waals surface area contributed by atoms with Crippen LogP contribution in [-0.2, 0) is 11.3 Å². The average molecular weight is 314 g/mol. The molecule has 1 amide bonds. The summed E-state index contributed by atoms with van der Waals surface area (Å²) in [5.41, 5.74) is 0.699. The fraction of sp³-hybridized carbons (Fsp3) is 0.533. The van der Waals surface area contributed by atoms with Crippen LogP contribution in [0.2, 0.25) is 0 Å². The molecular formula is C15H20F2N2O3. The van der Waals surface area contributed by atoms with Crippen molar-refractivity contribution in [3.63, 3.8) is 0 Å². The Hall–Kier alpha value is -1.89. The maximum Gasteiger partial charge on any atom is 0.387 e. The minimum atomic E-state index is -2.92. The molecule has 7 heteroatoms.